The molecule has 1 fully saturated rings. The summed E-state index contributed by atoms with van der Waals surface area (Å²) in [6, 6.07) is 7.72. The number of carbonyl (C=O) groups excluding carboxylic acids is 1. The number of amides is 1. The van der Waals surface area contributed by atoms with Gasteiger partial charge >= 0.3 is 0 Å². The van der Waals surface area contributed by atoms with Gasteiger partial charge in [-0.2, -0.15) is 0 Å². The van der Waals surface area contributed by atoms with Crippen molar-refractivity contribution in [1.82, 2.24) is 5.32 Å². The molecule has 1 atom stereocenters. The van der Waals surface area contributed by atoms with E-state index in [9.17, 15) is 4.79 Å². The van der Waals surface area contributed by atoms with E-state index in [1.54, 1.807) is 11.8 Å². The van der Waals surface area contributed by atoms with Crippen molar-refractivity contribution in [3.63, 3.8) is 0 Å². The largest absolute Gasteiger partial charge is 0.484 e. The summed E-state index contributed by atoms with van der Waals surface area (Å²) < 4.78 is 6.56. The maximum absolute atomic E-state index is 11.7. The molecule has 0 saturated carbocycles. The first-order chi connectivity index (χ1) is 8.65. The lowest BCUT2D eigenvalue weighted by molar-refractivity contribution is -0.123. The van der Waals surface area contributed by atoms with E-state index in [-0.39, 0.29) is 18.6 Å². The Morgan fingerprint density at radius 2 is 2.22 bits per heavy atom. The Morgan fingerprint density at radius 1 is 1.50 bits per heavy atom. The molecule has 1 aromatic rings. The van der Waals surface area contributed by atoms with Crippen LogP contribution in [0.2, 0.25) is 0 Å². The quantitative estimate of drug-likeness (QED) is 0.823. The van der Waals surface area contributed by atoms with Gasteiger partial charge in [-0.15, -0.1) is 11.8 Å². The molecule has 1 amide bonds. The second-order valence-electron chi connectivity index (χ2n) is 3.97. The van der Waals surface area contributed by atoms with Crippen molar-refractivity contribution in [3.05, 3.63) is 39.3 Å². The summed E-state index contributed by atoms with van der Waals surface area (Å²) in [4.78, 5) is 12.7. The Labute approximate surface area is 125 Å². The predicted molar refractivity (Wildman–Crippen MR) is 82.8 cm³/mol. The molecular weight excluding hydrogens is 361 g/mol. The number of halogens is 1. The predicted octanol–water partition coefficient (Wildman–Crippen LogP) is 2.81. The minimum Gasteiger partial charge on any atom is -0.484 e. The molecular formula is C13H14INO2S. The normalized spacial score (nSPS) is 18.7. The Bertz CT molecular complexity index is 447. The van der Waals surface area contributed by atoms with E-state index in [1.165, 1.54) is 0 Å². The van der Waals surface area contributed by atoms with Crippen molar-refractivity contribution in [2.45, 2.75) is 12.5 Å². The summed E-state index contributed by atoms with van der Waals surface area (Å²) in [6.45, 7) is 3.97. The third-order valence-corrected chi connectivity index (χ3v) is 4.42. The minimum absolute atomic E-state index is 0.0506. The highest BCUT2D eigenvalue weighted by atomic mass is 127. The summed E-state index contributed by atoms with van der Waals surface area (Å²) in [7, 11) is 0. The van der Waals surface area contributed by atoms with Gasteiger partial charge in [-0.1, -0.05) is 6.58 Å². The minimum atomic E-state index is -0.0952. The number of hydrogen-bond acceptors (Lipinski definition) is 3. The van der Waals surface area contributed by atoms with Gasteiger partial charge in [0, 0.05) is 14.2 Å². The lowest BCUT2D eigenvalue weighted by Crippen LogP contribution is -2.36. The zero-order chi connectivity index (χ0) is 13.0. The van der Waals surface area contributed by atoms with E-state index >= 15 is 0 Å². The third kappa shape index (κ3) is 3.91. The second-order valence-corrected chi connectivity index (χ2v) is 6.43. The first-order valence-electron chi connectivity index (χ1n) is 5.64. The van der Waals surface area contributed by atoms with Crippen molar-refractivity contribution < 1.29 is 9.53 Å². The fourth-order valence-corrected chi connectivity index (χ4v) is 2.99. The van der Waals surface area contributed by atoms with E-state index in [2.05, 4.69) is 34.5 Å². The topological polar surface area (TPSA) is 38.3 Å². The van der Waals surface area contributed by atoms with Crippen LogP contribution in [0.15, 0.2) is 35.7 Å². The van der Waals surface area contributed by atoms with E-state index in [0.717, 1.165) is 20.6 Å². The molecule has 3 nitrogen and oxygen atoms in total. The van der Waals surface area contributed by atoms with Crippen LogP contribution in [-0.4, -0.2) is 24.3 Å². The molecule has 96 valence electrons. The fourth-order valence-electron chi connectivity index (χ4n) is 1.64. The van der Waals surface area contributed by atoms with Crippen molar-refractivity contribution in [1.29, 1.82) is 0 Å². The first-order valence-corrected chi connectivity index (χ1v) is 7.71. The molecule has 1 N–H and O–H groups in total. The Morgan fingerprint density at radius 3 is 2.83 bits per heavy atom. The summed E-state index contributed by atoms with van der Waals surface area (Å²) in [6.07, 6.45) is 0.957. The monoisotopic (exact) mass is 375 g/mol. The second kappa shape index (κ2) is 6.47. The maximum atomic E-state index is 11.7. The highest BCUT2D eigenvalue weighted by Crippen LogP contribution is 2.28. The molecule has 0 bridgehead atoms. The average molecular weight is 375 g/mol. The van der Waals surface area contributed by atoms with Crippen LogP contribution in [0, 0.1) is 3.57 Å². The number of nitrogens with one attached hydrogen (secondary N) is 1. The van der Waals surface area contributed by atoms with Crippen molar-refractivity contribution in [3.8, 4) is 5.75 Å². The van der Waals surface area contributed by atoms with Gasteiger partial charge in [0.15, 0.2) is 6.61 Å². The van der Waals surface area contributed by atoms with Crippen LogP contribution in [0.3, 0.4) is 0 Å². The van der Waals surface area contributed by atoms with Crippen LogP contribution in [-0.2, 0) is 4.79 Å². The molecule has 0 aliphatic carbocycles. The summed E-state index contributed by atoms with van der Waals surface area (Å²) in [5.74, 6) is 1.65. The fraction of sp³-hybridized carbons (Fsp3) is 0.308. The molecule has 1 heterocycles. The zero-order valence-corrected chi connectivity index (χ0v) is 12.8. The van der Waals surface area contributed by atoms with Crippen LogP contribution in [0.1, 0.15) is 6.42 Å². The van der Waals surface area contributed by atoms with Crippen LogP contribution >= 0.6 is 34.4 Å². The Hall–Kier alpha value is -0.690. The van der Waals surface area contributed by atoms with Gasteiger partial charge in [0.25, 0.3) is 5.91 Å². The third-order valence-electron chi connectivity index (χ3n) is 2.60. The van der Waals surface area contributed by atoms with Crippen LogP contribution in [0.25, 0.3) is 0 Å². The number of carbonyl (C=O) groups is 1. The average Bonchev–Trinajstić information content (AvgIpc) is 2.74. The number of rotatable bonds is 4. The van der Waals surface area contributed by atoms with Crippen molar-refractivity contribution in [2.75, 3.05) is 12.4 Å². The van der Waals surface area contributed by atoms with Gasteiger partial charge < -0.3 is 10.1 Å². The molecule has 0 radical (unpaired) electrons. The molecule has 1 saturated heterocycles. The lowest BCUT2D eigenvalue weighted by atomic mass is 10.2. The van der Waals surface area contributed by atoms with Gasteiger partial charge in [0.2, 0.25) is 0 Å². The number of hydrogen-bond donors (Lipinski definition) is 1. The van der Waals surface area contributed by atoms with Crippen LogP contribution < -0.4 is 10.1 Å². The molecule has 0 spiro atoms. The van der Waals surface area contributed by atoms with E-state index < -0.39 is 0 Å². The number of thioether (sulfide) groups is 1. The van der Waals surface area contributed by atoms with E-state index in [1.807, 2.05) is 24.3 Å². The summed E-state index contributed by atoms with van der Waals surface area (Å²) in [5, 5.41) is 2.92. The molecule has 1 aliphatic heterocycles. The van der Waals surface area contributed by atoms with Gasteiger partial charge in [0.05, 0.1) is 6.04 Å². The zero-order valence-electron chi connectivity index (χ0n) is 9.82. The van der Waals surface area contributed by atoms with E-state index in [0.29, 0.717) is 5.75 Å². The summed E-state index contributed by atoms with van der Waals surface area (Å²) >= 11 is 3.94. The first kappa shape index (κ1) is 13.7. The van der Waals surface area contributed by atoms with Gasteiger partial charge in [-0.3, -0.25) is 4.79 Å². The molecule has 18 heavy (non-hydrogen) atoms. The lowest BCUT2D eigenvalue weighted by Gasteiger charge is -2.13. The van der Waals surface area contributed by atoms with Gasteiger partial charge in [-0.05, 0) is 53.3 Å². The van der Waals surface area contributed by atoms with Gasteiger partial charge in [-0.25, -0.2) is 0 Å². The molecule has 0 aromatic heterocycles. The van der Waals surface area contributed by atoms with Crippen LogP contribution in [0.5, 0.6) is 5.75 Å². The highest BCUT2D eigenvalue weighted by molar-refractivity contribution is 14.1. The maximum Gasteiger partial charge on any atom is 0.258 e. The van der Waals surface area contributed by atoms with Crippen molar-refractivity contribution in [2.24, 2.45) is 0 Å². The smallest absolute Gasteiger partial charge is 0.258 e. The van der Waals surface area contributed by atoms with Crippen molar-refractivity contribution >= 4 is 40.3 Å². The highest BCUT2D eigenvalue weighted by Gasteiger charge is 2.21. The molecule has 1 aromatic carbocycles. The Kier molecular flexibility index (Phi) is 4.94. The Balaban J connectivity index is 1.78. The molecule has 2 rings (SSSR count). The van der Waals surface area contributed by atoms with E-state index in [4.69, 9.17) is 4.74 Å². The standard InChI is InChI=1S/C13H14INO2S/c1-9-12(6-7-18-9)15-13(16)8-17-11-4-2-10(14)3-5-11/h2-5,12H,1,6-8H2,(H,15,16)/t12-/m0/s1. The SMILES string of the molecule is C=C1SCC[C@@H]1NC(=O)COc1ccc(I)cc1. The van der Waals surface area contributed by atoms with Crippen LogP contribution in [0.4, 0.5) is 0 Å². The molecule has 1 aliphatic rings. The molecule has 0 unspecified atom stereocenters. The number of benzene rings is 1. The molecule has 5 heteroatoms. The van der Waals surface area contributed by atoms with Gasteiger partial charge in [0.1, 0.15) is 5.75 Å². The number of ether oxygens (including phenoxy) is 1. The summed E-state index contributed by atoms with van der Waals surface area (Å²) in [5.41, 5.74) is 0.